The van der Waals surface area contributed by atoms with Crippen molar-refractivity contribution >= 4 is 34.2 Å². The molecule has 3 heterocycles. The van der Waals surface area contributed by atoms with Gasteiger partial charge in [-0.3, -0.25) is 19.7 Å². The average Bonchev–Trinajstić information content (AvgIpc) is 3.31. The number of aromatic amines is 1. The minimum Gasteiger partial charge on any atom is -0.383 e. The summed E-state index contributed by atoms with van der Waals surface area (Å²) in [5.41, 5.74) is 5.54. The van der Waals surface area contributed by atoms with Crippen LogP contribution in [-0.4, -0.2) is 36.9 Å². The van der Waals surface area contributed by atoms with E-state index in [0.29, 0.717) is 16.5 Å². The van der Waals surface area contributed by atoms with E-state index in [4.69, 9.17) is 5.73 Å². The molecule has 0 aliphatic rings. The van der Waals surface area contributed by atoms with Crippen LogP contribution < -0.4 is 11.1 Å². The van der Waals surface area contributed by atoms with Gasteiger partial charge in [0.1, 0.15) is 5.82 Å². The third-order valence-electron chi connectivity index (χ3n) is 5.00. The van der Waals surface area contributed by atoms with Gasteiger partial charge in [-0.15, -0.1) is 0 Å². The maximum Gasteiger partial charge on any atom is 0.418 e. The molecule has 0 aliphatic carbocycles. The number of hydrogen-bond acceptors (Lipinski definition) is 6. The Hall–Kier alpha value is -4.48. The number of nitrogens with zero attached hydrogens (tertiary/aromatic N) is 4. The highest BCUT2D eigenvalue weighted by molar-refractivity contribution is 6.40. The number of rotatable bonds is 5. The zero-order chi connectivity index (χ0) is 24.3. The molecule has 174 valence electrons. The minimum absolute atomic E-state index is 0.111. The lowest BCUT2D eigenvalue weighted by Gasteiger charge is -2.23. The van der Waals surface area contributed by atoms with Gasteiger partial charge in [-0.05, 0) is 17.7 Å². The average molecular weight is 469 g/mol. The number of nitrogen functional groups attached to an aromatic ring is 1. The number of pyridine rings is 2. The molecule has 9 nitrogen and oxygen atoms in total. The molecule has 34 heavy (non-hydrogen) atoms. The number of anilines is 2. The summed E-state index contributed by atoms with van der Waals surface area (Å²) in [6.07, 6.45) is -0.806. The van der Waals surface area contributed by atoms with E-state index in [0.717, 1.165) is 17.0 Å². The molecule has 2 amide bonds. The Morgan fingerprint density at radius 2 is 1.79 bits per heavy atom. The number of carbonyl (C=O) groups excluding carboxylic acids is 2. The van der Waals surface area contributed by atoms with E-state index in [1.165, 1.54) is 18.6 Å². The number of benzene rings is 1. The number of nitrogens with one attached hydrogen (secondary N) is 2. The Morgan fingerprint density at radius 1 is 1.03 bits per heavy atom. The third kappa shape index (κ3) is 4.80. The van der Waals surface area contributed by atoms with Crippen LogP contribution in [0.15, 0.2) is 61.1 Å². The Balaban J connectivity index is 1.63. The number of fused-ring (bicyclic) bond motifs is 1. The predicted octanol–water partition coefficient (Wildman–Crippen LogP) is 3.12. The zero-order valence-electron chi connectivity index (χ0n) is 17.5. The highest BCUT2D eigenvalue weighted by atomic mass is 19.4. The van der Waals surface area contributed by atoms with Crippen LogP contribution in [0.2, 0.25) is 0 Å². The summed E-state index contributed by atoms with van der Waals surface area (Å²) in [6.45, 7) is -0.642. The molecule has 4 N–H and O–H groups in total. The molecule has 0 spiro atoms. The summed E-state index contributed by atoms with van der Waals surface area (Å²) in [6, 6.07) is 10.6. The Kier molecular flexibility index (Phi) is 6.13. The molecule has 3 aromatic heterocycles. The number of halogens is 3. The minimum atomic E-state index is -4.67. The topological polar surface area (TPSA) is 130 Å². The van der Waals surface area contributed by atoms with Crippen LogP contribution in [0.25, 0.3) is 10.9 Å². The molecule has 0 bridgehead atoms. The summed E-state index contributed by atoms with van der Waals surface area (Å²) >= 11 is 0. The van der Waals surface area contributed by atoms with Gasteiger partial charge in [0.25, 0.3) is 0 Å². The first kappa shape index (κ1) is 22.7. The van der Waals surface area contributed by atoms with E-state index in [1.807, 2.05) is 0 Å². The quantitative estimate of drug-likeness (QED) is 0.385. The number of aromatic nitrogens is 4. The van der Waals surface area contributed by atoms with Crippen LogP contribution >= 0.6 is 0 Å². The molecule has 0 radical (unpaired) electrons. The van der Waals surface area contributed by atoms with Gasteiger partial charge >= 0.3 is 18.0 Å². The fourth-order valence-corrected chi connectivity index (χ4v) is 3.37. The largest absolute Gasteiger partial charge is 0.418 e. The maximum absolute atomic E-state index is 13.5. The van der Waals surface area contributed by atoms with E-state index in [-0.39, 0.29) is 23.7 Å². The van der Waals surface area contributed by atoms with Crippen molar-refractivity contribution in [2.24, 2.45) is 0 Å². The number of amides is 2. The molecule has 0 saturated heterocycles. The van der Waals surface area contributed by atoms with Gasteiger partial charge in [0.05, 0.1) is 46.8 Å². The second-order valence-electron chi connectivity index (χ2n) is 7.31. The van der Waals surface area contributed by atoms with Crippen LogP contribution in [-0.2, 0) is 28.9 Å². The summed E-state index contributed by atoms with van der Waals surface area (Å²) in [5.74, 6) is -1.94. The molecule has 0 fully saturated rings. The third-order valence-corrected chi connectivity index (χ3v) is 5.00. The van der Waals surface area contributed by atoms with Gasteiger partial charge in [0.2, 0.25) is 0 Å². The van der Waals surface area contributed by atoms with Crippen molar-refractivity contribution in [2.45, 2.75) is 19.3 Å². The maximum atomic E-state index is 13.5. The van der Waals surface area contributed by atoms with Gasteiger partial charge in [-0.2, -0.15) is 18.3 Å². The van der Waals surface area contributed by atoms with Gasteiger partial charge in [-0.1, -0.05) is 30.3 Å². The number of carbonyl (C=O) groups is 2. The Labute approximate surface area is 190 Å². The molecule has 1 aromatic carbocycles. The van der Waals surface area contributed by atoms with E-state index in [9.17, 15) is 22.8 Å². The second kappa shape index (κ2) is 9.17. The lowest BCUT2D eigenvalue weighted by atomic mass is 10.1. The summed E-state index contributed by atoms with van der Waals surface area (Å²) < 4.78 is 40.4. The summed E-state index contributed by atoms with van der Waals surface area (Å²) in [7, 11) is 0. The normalized spacial score (nSPS) is 11.4. The van der Waals surface area contributed by atoms with E-state index in [1.54, 1.807) is 30.3 Å². The van der Waals surface area contributed by atoms with Crippen LogP contribution in [0, 0.1) is 0 Å². The number of hydrogen-bond donors (Lipinski definition) is 3. The van der Waals surface area contributed by atoms with Crippen LogP contribution in [0.1, 0.15) is 16.8 Å². The number of alkyl halides is 3. The second-order valence-corrected chi connectivity index (χ2v) is 7.31. The molecule has 0 saturated carbocycles. The standard InChI is InChI=1S/C22H18F3N7O2/c23-22(24,25)15-7-4-8-27-17(15)12-32(11-13-5-2-1-3-6-13)21(34)20(33)30-16-10-28-19(26)14-9-29-31-18(14)16/h1-10H,11-12H2,(H2,26,28)(H,29,31)(H,30,33). The number of nitrogens with two attached hydrogens (primary N) is 1. The predicted molar refractivity (Wildman–Crippen MR) is 117 cm³/mol. The van der Waals surface area contributed by atoms with Gasteiger partial charge in [0, 0.05) is 12.7 Å². The van der Waals surface area contributed by atoms with Crippen LogP contribution in [0.4, 0.5) is 24.7 Å². The summed E-state index contributed by atoms with van der Waals surface area (Å²) in [4.78, 5) is 34.7. The van der Waals surface area contributed by atoms with Gasteiger partial charge in [0.15, 0.2) is 0 Å². The van der Waals surface area contributed by atoms with Crippen molar-refractivity contribution in [1.82, 2.24) is 25.1 Å². The molecular weight excluding hydrogens is 451 g/mol. The van der Waals surface area contributed by atoms with Gasteiger partial charge in [-0.25, -0.2) is 4.98 Å². The Bertz CT molecular complexity index is 1340. The molecule has 12 heteroatoms. The highest BCUT2D eigenvalue weighted by Gasteiger charge is 2.35. The first-order valence-electron chi connectivity index (χ1n) is 9.97. The molecule has 0 aliphatic heterocycles. The lowest BCUT2D eigenvalue weighted by Crippen LogP contribution is -2.39. The first-order chi connectivity index (χ1) is 16.2. The van der Waals surface area contributed by atoms with Crippen molar-refractivity contribution in [3.8, 4) is 0 Å². The highest BCUT2D eigenvalue weighted by Crippen LogP contribution is 2.31. The van der Waals surface area contributed by atoms with E-state index in [2.05, 4.69) is 25.5 Å². The van der Waals surface area contributed by atoms with E-state index < -0.39 is 30.1 Å². The number of H-pyrrole nitrogens is 1. The van der Waals surface area contributed by atoms with Crippen LogP contribution in [0.5, 0.6) is 0 Å². The fourth-order valence-electron chi connectivity index (χ4n) is 3.37. The van der Waals surface area contributed by atoms with Crippen LogP contribution in [0.3, 0.4) is 0 Å². The molecule has 4 rings (SSSR count). The lowest BCUT2D eigenvalue weighted by molar-refractivity contribution is -0.145. The zero-order valence-corrected chi connectivity index (χ0v) is 17.5. The Morgan fingerprint density at radius 3 is 2.53 bits per heavy atom. The monoisotopic (exact) mass is 469 g/mol. The SMILES string of the molecule is Nc1ncc(NC(=O)C(=O)N(Cc2ccccc2)Cc2ncccc2C(F)(F)F)c2[nH]ncc12. The first-order valence-corrected chi connectivity index (χ1v) is 9.97. The van der Waals surface area contributed by atoms with Crippen molar-refractivity contribution in [1.29, 1.82) is 0 Å². The van der Waals surface area contributed by atoms with Crippen molar-refractivity contribution < 1.29 is 22.8 Å². The van der Waals surface area contributed by atoms with E-state index >= 15 is 0 Å². The van der Waals surface area contributed by atoms with Gasteiger partial charge < -0.3 is 16.0 Å². The molecule has 0 atom stereocenters. The molecular formula is C22H18F3N7O2. The molecule has 4 aromatic rings. The smallest absolute Gasteiger partial charge is 0.383 e. The van der Waals surface area contributed by atoms with Crippen molar-refractivity contribution in [3.05, 3.63) is 77.9 Å². The molecule has 0 unspecified atom stereocenters. The fraction of sp³-hybridized carbons (Fsp3) is 0.136. The van der Waals surface area contributed by atoms with Crippen molar-refractivity contribution in [2.75, 3.05) is 11.1 Å². The van der Waals surface area contributed by atoms with Crippen molar-refractivity contribution in [3.63, 3.8) is 0 Å². The summed E-state index contributed by atoms with van der Waals surface area (Å²) in [5, 5.41) is 9.38.